The predicted molar refractivity (Wildman–Crippen MR) is 68.4 cm³/mol. The fraction of sp³-hybridized carbons (Fsp3) is 0.692. The van der Waals surface area contributed by atoms with E-state index >= 15 is 0 Å². The van der Waals surface area contributed by atoms with Crippen LogP contribution >= 0.6 is 0 Å². The minimum Gasteiger partial charge on any atom is -0.476 e. The first-order valence-corrected chi connectivity index (χ1v) is 6.75. The summed E-state index contributed by atoms with van der Waals surface area (Å²) >= 11 is 0. The first kappa shape index (κ1) is 12.6. The topological polar surface area (TPSA) is 78.6 Å². The summed E-state index contributed by atoms with van der Waals surface area (Å²) in [4.78, 5) is 17.9. The van der Waals surface area contributed by atoms with Crippen molar-refractivity contribution in [2.45, 2.75) is 37.8 Å². The van der Waals surface area contributed by atoms with Gasteiger partial charge in [0, 0.05) is 12.5 Å². The zero-order valence-electron chi connectivity index (χ0n) is 11.0. The molecule has 0 spiro atoms. The maximum absolute atomic E-state index is 11.3. The van der Waals surface area contributed by atoms with E-state index in [1.165, 1.54) is 0 Å². The Morgan fingerprint density at radius 3 is 2.79 bits per heavy atom. The first-order chi connectivity index (χ1) is 9.06. The van der Waals surface area contributed by atoms with Gasteiger partial charge in [-0.1, -0.05) is 0 Å². The molecular formula is C13H19N3O3. The molecule has 0 bridgehead atoms. The molecule has 1 saturated heterocycles. The van der Waals surface area contributed by atoms with Crippen molar-refractivity contribution in [3.63, 3.8) is 0 Å². The zero-order chi connectivity index (χ0) is 13.6. The number of carboxylic acids is 1. The number of carbonyl (C=O) groups is 1. The van der Waals surface area contributed by atoms with Gasteiger partial charge in [0.15, 0.2) is 5.69 Å². The maximum atomic E-state index is 11.3. The van der Waals surface area contributed by atoms with Crippen molar-refractivity contribution in [2.75, 3.05) is 20.1 Å². The minimum atomic E-state index is -0.960. The fourth-order valence-corrected chi connectivity index (χ4v) is 3.20. The van der Waals surface area contributed by atoms with Gasteiger partial charge in [-0.3, -0.25) is 0 Å². The fourth-order valence-electron chi connectivity index (χ4n) is 3.20. The zero-order valence-corrected chi connectivity index (χ0v) is 11.0. The number of carboxylic acid groups (broad SMARTS) is 1. The summed E-state index contributed by atoms with van der Waals surface area (Å²) in [5.41, 5.74) is 0.957. The lowest BCUT2D eigenvalue weighted by Gasteiger charge is -2.23. The summed E-state index contributed by atoms with van der Waals surface area (Å²) in [6, 6.07) is 0. The number of nitrogens with zero attached hydrogens (tertiary/aromatic N) is 3. The summed E-state index contributed by atoms with van der Waals surface area (Å²) in [7, 11) is 2.06. The van der Waals surface area contributed by atoms with E-state index in [1.54, 1.807) is 0 Å². The van der Waals surface area contributed by atoms with E-state index in [-0.39, 0.29) is 17.7 Å². The Bertz CT molecular complexity index is 511. The Labute approximate surface area is 111 Å². The van der Waals surface area contributed by atoms with Gasteiger partial charge in [0.25, 0.3) is 0 Å². The molecule has 19 heavy (non-hydrogen) atoms. The molecule has 2 unspecified atom stereocenters. The van der Waals surface area contributed by atoms with Crippen molar-refractivity contribution < 1.29 is 15.0 Å². The molecule has 104 valence electrons. The van der Waals surface area contributed by atoms with Crippen LogP contribution in [0, 0.1) is 0 Å². The number of rotatable bonds is 2. The molecule has 2 aliphatic rings. The summed E-state index contributed by atoms with van der Waals surface area (Å²) in [6.45, 7) is 2.40. The second-order valence-corrected chi connectivity index (χ2v) is 5.62. The van der Waals surface area contributed by atoms with Gasteiger partial charge in [0.05, 0.1) is 18.3 Å². The predicted octanol–water partition coefficient (Wildman–Crippen LogP) is 0.307. The SMILES string of the molecule is CN1CCC(c2nc(C(=O)O)c3n2CC(O)CC3)C1. The largest absolute Gasteiger partial charge is 0.476 e. The summed E-state index contributed by atoms with van der Waals surface area (Å²) in [5, 5.41) is 19.1. The second kappa shape index (κ2) is 4.61. The lowest BCUT2D eigenvalue weighted by molar-refractivity contribution is 0.0686. The third-order valence-corrected chi connectivity index (χ3v) is 4.17. The van der Waals surface area contributed by atoms with Gasteiger partial charge in [-0.05, 0) is 32.9 Å². The van der Waals surface area contributed by atoms with Crippen LogP contribution in [0.15, 0.2) is 0 Å². The Balaban J connectivity index is 2.02. The number of aromatic carboxylic acids is 1. The van der Waals surface area contributed by atoms with Gasteiger partial charge in [0.2, 0.25) is 0 Å². The van der Waals surface area contributed by atoms with Crippen LogP contribution in [-0.4, -0.2) is 56.9 Å². The van der Waals surface area contributed by atoms with Crippen molar-refractivity contribution >= 4 is 5.97 Å². The Morgan fingerprint density at radius 1 is 1.37 bits per heavy atom. The van der Waals surface area contributed by atoms with E-state index in [9.17, 15) is 15.0 Å². The van der Waals surface area contributed by atoms with Gasteiger partial charge in [-0.2, -0.15) is 0 Å². The highest BCUT2D eigenvalue weighted by Gasteiger charge is 2.32. The number of aliphatic hydroxyl groups excluding tert-OH is 1. The smallest absolute Gasteiger partial charge is 0.356 e. The number of aliphatic hydroxyl groups is 1. The Kier molecular flexibility index (Phi) is 3.06. The normalized spacial score (nSPS) is 27.5. The highest BCUT2D eigenvalue weighted by molar-refractivity contribution is 5.87. The van der Waals surface area contributed by atoms with Crippen molar-refractivity contribution in [3.8, 4) is 0 Å². The average molecular weight is 265 g/mol. The number of aromatic nitrogens is 2. The molecule has 3 heterocycles. The molecule has 1 fully saturated rings. The van der Waals surface area contributed by atoms with Gasteiger partial charge >= 0.3 is 5.97 Å². The number of imidazole rings is 1. The highest BCUT2D eigenvalue weighted by atomic mass is 16.4. The van der Waals surface area contributed by atoms with Gasteiger partial charge in [0.1, 0.15) is 5.82 Å². The summed E-state index contributed by atoms with van der Waals surface area (Å²) < 4.78 is 1.95. The van der Waals surface area contributed by atoms with E-state index in [0.29, 0.717) is 19.4 Å². The van der Waals surface area contributed by atoms with Crippen molar-refractivity contribution in [1.82, 2.24) is 14.5 Å². The highest BCUT2D eigenvalue weighted by Crippen LogP contribution is 2.30. The first-order valence-electron chi connectivity index (χ1n) is 6.75. The van der Waals surface area contributed by atoms with E-state index in [4.69, 9.17) is 0 Å². The van der Waals surface area contributed by atoms with E-state index < -0.39 is 5.97 Å². The lowest BCUT2D eigenvalue weighted by Crippen LogP contribution is -2.27. The molecule has 3 rings (SSSR count). The summed E-state index contributed by atoms with van der Waals surface area (Å²) in [6.07, 6.45) is 1.83. The molecule has 1 aromatic rings. The van der Waals surface area contributed by atoms with Crippen LogP contribution in [0.1, 0.15) is 40.8 Å². The Morgan fingerprint density at radius 2 is 2.16 bits per heavy atom. The van der Waals surface area contributed by atoms with Crippen LogP contribution in [0.4, 0.5) is 0 Å². The van der Waals surface area contributed by atoms with Crippen LogP contribution < -0.4 is 0 Å². The van der Waals surface area contributed by atoms with Crippen LogP contribution in [0.3, 0.4) is 0 Å². The molecule has 2 N–H and O–H groups in total. The van der Waals surface area contributed by atoms with Gasteiger partial charge < -0.3 is 19.7 Å². The molecule has 0 amide bonds. The quantitative estimate of drug-likeness (QED) is 0.804. The third-order valence-electron chi connectivity index (χ3n) is 4.17. The molecule has 0 radical (unpaired) electrons. The number of likely N-dealkylation sites (tertiary alicyclic amines) is 1. The third kappa shape index (κ3) is 2.15. The van der Waals surface area contributed by atoms with Gasteiger partial charge in [-0.15, -0.1) is 0 Å². The van der Waals surface area contributed by atoms with Gasteiger partial charge in [-0.25, -0.2) is 9.78 Å². The number of likely N-dealkylation sites (N-methyl/N-ethyl adjacent to an activating group) is 1. The molecule has 1 aromatic heterocycles. The molecule has 2 aliphatic heterocycles. The van der Waals surface area contributed by atoms with E-state index in [2.05, 4.69) is 16.9 Å². The van der Waals surface area contributed by atoms with Crippen molar-refractivity contribution in [2.24, 2.45) is 0 Å². The molecular weight excluding hydrogens is 246 g/mol. The average Bonchev–Trinajstić information content (AvgIpc) is 2.92. The van der Waals surface area contributed by atoms with Crippen molar-refractivity contribution in [3.05, 3.63) is 17.2 Å². The Hall–Kier alpha value is -1.40. The maximum Gasteiger partial charge on any atom is 0.356 e. The molecule has 0 aliphatic carbocycles. The molecule has 0 aromatic carbocycles. The minimum absolute atomic E-state index is 0.177. The molecule has 2 atom stereocenters. The molecule has 6 nitrogen and oxygen atoms in total. The van der Waals surface area contributed by atoms with Crippen LogP contribution in [-0.2, 0) is 13.0 Å². The summed E-state index contributed by atoms with van der Waals surface area (Å²) in [5.74, 6) is 0.162. The number of hydrogen-bond acceptors (Lipinski definition) is 4. The molecule has 6 heteroatoms. The number of fused-ring (bicyclic) bond motifs is 1. The lowest BCUT2D eigenvalue weighted by atomic mass is 10.0. The van der Waals surface area contributed by atoms with Crippen LogP contribution in [0.2, 0.25) is 0 Å². The van der Waals surface area contributed by atoms with E-state index in [0.717, 1.165) is 31.0 Å². The molecule has 0 saturated carbocycles. The number of hydrogen-bond donors (Lipinski definition) is 2. The van der Waals surface area contributed by atoms with E-state index in [1.807, 2.05) is 4.57 Å². The van der Waals surface area contributed by atoms with Crippen molar-refractivity contribution in [1.29, 1.82) is 0 Å². The monoisotopic (exact) mass is 265 g/mol. The second-order valence-electron chi connectivity index (χ2n) is 5.62. The standard InChI is InChI=1S/C13H19N3O3/c1-15-5-4-8(6-15)12-14-11(13(18)19)10-3-2-9(17)7-16(10)12/h8-9,17H,2-7H2,1H3,(H,18,19). The van der Waals surface area contributed by atoms with Crippen LogP contribution in [0.5, 0.6) is 0 Å². The van der Waals surface area contributed by atoms with Crippen LogP contribution in [0.25, 0.3) is 0 Å².